The molecule has 0 bridgehead atoms. The first kappa shape index (κ1) is 12.6. The summed E-state index contributed by atoms with van der Waals surface area (Å²) in [7, 11) is 0. The van der Waals surface area contributed by atoms with Gasteiger partial charge in [-0.25, -0.2) is 0 Å². The van der Waals surface area contributed by atoms with Crippen molar-refractivity contribution in [3.63, 3.8) is 0 Å². The molecule has 98 valence electrons. The third-order valence-corrected chi connectivity index (χ3v) is 4.00. The molecule has 0 fully saturated rings. The fourth-order valence-corrected chi connectivity index (χ4v) is 3.00. The van der Waals surface area contributed by atoms with Gasteiger partial charge in [-0.2, -0.15) is 0 Å². The highest BCUT2D eigenvalue weighted by Gasteiger charge is 2.12. The molecule has 2 heteroatoms. The second kappa shape index (κ2) is 5.66. The number of aryl methyl sites for hydroxylation is 1. The molecule has 0 aliphatic heterocycles. The van der Waals surface area contributed by atoms with Gasteiger partial charge < -0.3 is 5.32 Å². The van der Waals surface area contributed by atoms with Gasteiger partial charge in [0.2, 0.25) is 0 Å². The maximum Gasteiger partial charge on any atom is 0.0409 e. The topological polar surface area (TPSA) is 12.0 Å². The van der Waals surface area contributed by atoms with Gasteiger partial charge >= 0.3 is 0 Å². The van der Waals surface area contributed by atoms with Crippen LogP contribution in [0.1, 0.15) is 29.5 Å². The second-order valence-electron chi connectivity index (χ2n) is 5.13. The number of anilines is 1. The molecule has 0 unspecified atom stereocenters. The number of nitrogens with one attached hydrogen (secondary N) is 1. The minimum Gasteiger partial charge on any atom is -0.381 e. The molecule has 0 saturated carbocycles. The number of hydrogen-bond acceptors (Lipinski definition) is 1. The van der Waals surface area contributed by atoms with Gasteiger partial charge in [-0.3, -0.25) is 0 Å². The molecular weight excluding hydrogens is 254 g/mol. The van der Waals surface area contributed by atoms with E-state index in [0.29, 0.717) is 0 Å². The molecule has 2 aromatic carbocycles. The SMILES string of the molecule is Clc1cccc(CNc2cccc3c2CCCC3)c1. The Bertz CT molecular complexity index is 577. The third-order valence-electron chi connectivity index (χ3n) is 3.77. The Morgan fingerprint density at radius 1 is 1.00 bits per heavy atom. The Labute approximate surface area is 119 Å². The van der Waals surface area contributed by atoms with E-state index in [0.717, 1.165) is 11.6 Å². The van der Waals surface area contributed by atoms with E-state index < -0.39 is 0 Å². The zero-order valence-electron chi connectivity index (χ0n) is 11.0. The van der Waals surface area contributed by atoms with Crippen LogP contribution >= 0.6 is 11.6 Å². The minimum atomic E-state index is 0.800. The Balaban J connectivity index is 1.77. The first-order valence-electron chi connectivity index (χ1n) is 6.92. The summed E-state index contributed by atoms with van der Waals surface area (Å²) in [6.07, 6.45) is 5.06. The zero-order valence-corrected chi connectivity index (χ0v) is 11.7. The highest BCUT2D eigenvalue weighted by atomic mass is 35.5. The molecule has 0 amide bonds. The molecule has 2 aromatic rings. The van der Waals surface area contributed by atoms with Gasteiger partial charge in [0, 0.05) is 17.3 Å². The molecule has 19 heavy (non-hydrogen) atoms. The number of rotatable bonds is 3. The van der Waals surface area contributed by atoms with Crippen LogP contribution in [0.4, 0.5) is 5.69 Å². The van der Waals surface area contributed by atoms with Gasteiger partial charge in [0.05, 0.1) is 0 Å². The summed E-state index contributed by atoms with van der Waals surface area (Å²) < 4.78 is 0. The summed E-state index contributed by atoms with van der Waals surface area (Å²) >= 11 is 6.01. The molecule has 0 aromatic heterocycles. The number of fused-ring (bicyclic) bond motifs is 1. The summed E-state index contributed by atoms with van der Waals surface area (Å²) in [5.41, 5.74) is 5.54. The molecular formula is C17H18ClN. The smallest absolute Gasteiger partial charge is 0.0409 e. The molecule has 0 saturated heterocycles. The third kappa shape index (κ3) is 2.93. The molecule has 3 rings (SSSR count). The van der Waals surface area contributed by atoms with Crippen molar-refractivity contribution >= 4 is 17.3 Å². The highest BCUT2D eigenvalue weighted by molar-refractivity contribution is 6.30. The van der Waals surface area contributed by atoms with Crippen molar-refractivity contribution in [2.75, 3.05) is 5.32 Å². The largest absolute Gasteiger partial charge is 0.381 e. The van der Waals surface area contributed by atoms with Crippen molar-refractivity contribution in [2.24, 2.45) is 0 Å². The van der Waals surface area contributed by atoms with Crippen LogP contribution in [-0.4, -0.2) is 0 Å². The Morgan fingerprint density at radius 3 is 2.74 bits per heavy atom. The van der Waals surface area contributed by atoms with Crippen LogP contribution in [-0.2, 0) is 19.4 Å². The number of halogens is 1. The van der Waals surface area contributed by atoms with E-state index in [2.05, 4.69) is 29.6 Å². The van der Waals surface area contributed by atoms with Crippen LogP contribution in [0.15, 0.2) is 42.5 Å². The van der Waals surface area contributed by atoms with Crippen molar-refractivity contribution in [3.05, 3.63) is 64.2 Å². The lowest BCUT2D eigenvalue weighted by atomic mass is 9.90. The van der Waals surface area contributed by atoms with Crippen LogP contribution in [0.3, 0.4) is 0 Å². The predicted octanol–water partition coefficient (Wildman–Crippen LogP) is 4.83. The average Bonchev–Trinajstić information content (AvgIpc) is 2.45. The van der Waals surface area contributed by atoms with Crippen LogP contribution < -0.4 is 5.32 Å². The summed E-state index contributed by atoms with van der Waals surface area (Å²) in [6, 6.07) is 14.6. The first-order valence-corrected chi connectivity index (χ1v) is 7.30. The maximum atomic E-state index is 6.01. The highest BCUT2D eigenvalue weighted by Crippen LogP contribution is 2.28. The molecule has 1 nitrogen and oxygen atoms in total. The van der Waals surface area contributed by atoms with Crippen molar-refractivity contribution in [2.45, 2.75) is 32.2 Å². The van der Waals surface area contributed by atoms with E-state index in [4.69, 9.17) is 11.6 Å². The van der Waals surface area contributed by atoms with Gasteiger partial charge in [0.1, 0.15) is 0 Å². The van der Waals surface area contributed by atoms with Gasteiger partial charge in [-0.1, -0.05) is 35.9 Å². The maximum absolute atomic E-state index is 6.01. The van der Waals surface area contributed by atoms with Crippen molar-refractivity contribution < 1.29 is 0 Å². The van der Waals surface area contributed by atoms with E-state index in [9.17, 15) is 0 Å². The summed E-state index contributed by atoms with van der Waals surface area (Å²) in [6.45, 7) is 0.830. The normalized spacial score (nSPS) is 13.9. The molecule has 0 spiro atoms. The lowest BCUT2D eigenvalue weighted by Gasteiger charge is -2.20. The predicted molar refractivity (Wildman–Crippen MR) is 81.9 cm³/mol. The van der Waals surface area contributed by atoms with E-state index in [1.165, 1.54) is 48.1 Å². The number of benzene rings is 2. The molecule has 1 N–H and O–H groups in total. The molecule has 1 aliphatic rings. The summed E-state index contributed by atoms with van der Waals surface area (Å²) in [5, 5.41) is 4.36. The fourth-order valence-electron chi connectivity index (χ4n) is 2.79. The molecule has 0 radical (unpaired) electrons. The van der Waals surface area contributed by atoms with Crippen LogP contribution in [0, 0.1) is 0 Å². The quantitative estimate of drug-likeness (QED) is 0.843. The van der Waals surface area contributed by atoms with Crippen LogP contribution in [0.25, 0.3) is 0 Å². The monoisotopic (exact) mass is 271 g/mol. The minimum absolute atomic E-state index is 0.800. The lowest BCUT2D eigenvalue weighted by Crippen LogP contribution is -2.08. The fraction of sp³-hybridized carbons (Fsp3) is 0.294. The van der Waals surface area contributed by atoms with Crippen molar-refractivity contribution in [3.8, 4) is 0 Å². The van der Waals surface area contributed by atoms with E-state index in [1.807, 2.05) is 18.2 Å². The van der Waals surface area contributed by atoms with E-state index in [-0.39, 0.29) is 0 Å². The Hall–Kier alpha value is -1.47. The molecule has 0 heterocycles. The van der Waals surface area contributed by atoms with Gasteiger partial charge in [-0.05, 0) is 60.6 Å². The Morgan fingerprint density at radius 2 is 1.84 bits per heavy atom. The summed E-state index contributed by atoms with van der Waals surface area (Å²) in [5.74, 6) is 0. The van der Waals surface area contributed by atoms with E-state index in [1.54, 1.807) is 0 Å². The number of hydrogen-bond donors (Lipinski definition) is 1. The second-order valence-corrected chi connectivity index (χ2v) is 5.57. The van der Waals surface area contributed by atoms with Gasteiger partial charge in [-0.15, -0.1) is 0 Å². The van der Waals surface area contributed by atoms with Crippen molar-refractivity contribution in [1.82, 2.24) is 0 Å². The first-order chi connectivity index (χ1) is 9.33. The molecule has 0 atom stereocenters. The van der Waals surface area contributed by atoms with E-state index >= 15 is 0 Å². The van der Waals surface area contributed by atoms with Gasteiger partial charge in [0.15, 0.2) is 0 Å². The Kier molecular flexibility index (Phi) is 3.74. The average molecular weight is 272 g/mol. The van der Waals surface area contributed by atoms with Crippen LogP contribution in [0.5, 0.6) is 0 Å². The summed E-state index contributed by atoms with van der Waals surface area (Å²) in [4.78, 5) is 0. The van der Waals surface area contributed by atoms with Crippen molar-refractivity contribution in [1.29, 1.82) is 0 Å². The van der Waals surface area contributed by atoms with Gasteiger partial charge in [0.25, 0.3) is 0 Å². The lowest BCUT2D eigenvalue weighted by molar-refractivity contribution is 0.686. The zero-order chi connectivity index (χ0) is 13.1. The van der Waals surface area contributed by atoms with Crippen LogP contribution in [0.2, 0.25) is 5.02 Å². The standard InChI is InChI=1S/C17H18ClN/c18-15-8-3-5-13(11-15)12-19-17-10-4-7-14-6-1-2-9-16(14)17/h3-5,7-8,10-11,19H,1-2,6,9,12H2. The molecule has 1 aliphatic carbocycles.